The molecule has 0 fully saturated rings. The van der Waals surface area contributed by atoms with Crippen molar-refractivity contribution in [2.24, 2.45) is 0 Å². The van der Waals surface area contributed by atoms with Gasteiger partial charge in [-0.25, -0.2) is 24.8 Å². The third kappa shape index (κ3) is 9.88. The van der Waals surface area contributed by atoms with Crippen molar-refractivity contribution in [3.8, 4) is 0 Å². The summed E-state index contributed by atoms with van der Waals surface area (Å²) < 4.78 is 16.1. The minimum Gasteiger partial charge on any atom is -0.445 e. The van der Waals surface area contributed by atoms with E-state index in [2.05, 4.69) is 17.3 Å². The van der Waals surface area contributed by atoms with Crippen LogP contribution in [0.25, 0.3) is 0 Å². The van der Waals surface area contributed by atoms with Crippen molar-refractivity contribution >= 4 is 18.3 Å². The maximum Gasteiger partial charge on any atom is 0.429 e. The molecule has 204 valence electrons. The van der Waals surface area contributed by atoms with E-state index >= 15 is 0 Å². The van der Waals surface area contributed by atoms with Crippen molar-refractivity contribution in [2.45, 2.75) is 45.2 Å². The number of hydrazine groups is 1. The smallest absolute Gasteiger partial charge is 0.429 e. The van der Waals surface area contributed by atoms with Crippen LogP contribution in [0.1, 0.15) is 30.0 Å². The van der Waals surface area contributed by atoms with Crippen LogP contribution in [0, 0.1) is 0 Å². The van der Waals surface area contributed by atoms with Gasteiger partial charge in [0.2, 0.25) is 0 Å². The van der Waals surface area contributed by atoms with Gasteiger partial charge in [-0.05, 0) is 30.0 Å². The third-order valence-corrected chi connectivity index (χ3v) is 5.75. The van der Waals surface area contributed by atoms with E-state index in [-0.39, 0.29) is 26.2 Å². The van der Waals surface area contributed by atoms with Crippen molar-refractivity contribution in [3.63, 3.8) is 0 Å². The average molecular weight is 532 g/mol. The third-order valence-electron chi connectivity index (χ3n) is 5.75. The molecule has 3 rings (SSSR count). The van der Waals surface area contributed by atoms with E-state index in [1.807, 2.05) is 91.0 Å². The van der Waals surface area contributed by atoms with Gasteiger partial charge in [-0.1, -0.05) is 97.1 Å². The molecule has 2 atom stereocenters. The zero-order chi connectivity index (χ0) is 27.9. The molecule has 9 heteroatoms. The van der Waals surface area contributed by atoms with Crippen molar-refractivity contribution in [1.29, 1.82) is 0 Å². The van der Waals surface area contributed by atoms with Crippen LogP contribution < -0.4 is 10.7 Å². The molecule has 3 amide bonds. The van der Waals surface area contributed by atoms with Crippen LogP contribution in [0.4, 0.5) is 14.4 Å². The molecule has 2 N–H and O–H groups in total. The summed E-state index contributed by atoms with van der Waals surface area (Å²) in [5.41, 5.74) is 4.85. The standard InChI is InChI=1S/C30H33N3O6/c1-3-13-27(31-28(34)37-20-24-14-7-4-8-15-24)23(2)33(30(36)39-22-26-18-11-6-12-19-26)32-29(35)38-21-25-16-9-5-10-17-25/h3-12,14-19,23,27H,1,13,20-22H2,2H3,(H,31,34)(H,32,35)/t23-,27?/m0/s1. The van der Waals surface area contributed by atoms with E-state index in [0.29, 0.717) is 0 Å². The average Bonchev–Trinajstić information content (AvgIpc) is 2.97. The molecule has 0 bridgehead atoms. The first-order valence-electron chi connectivity index (χ1n) is 12.5. The summed E-state index contributed by atoms with van der Waals surface area (Å²) in [6, 6.07) is 26.1. The predicted molar refractivity (Wildman–Crippen MR) is 146 cm³/mol. The van der Waals surface area contributed by atoms with Crippen molar-refractivity contribution < 1.29 is 28.6 Å². The summed E-state index contributed by atoms with van der Waals surface area (Å²) in [4.78, 5) is 38.4. The first-order valence-corrected chi connectivity index (χ1v) is 12.5. The molecule has 39 heavy (non-hydrogen) atoms. The van der Waals surface area contributed by atoms with Gasteiger partial charge < -0.3 is 19.5 Å². The van der Waals surface area contributed by atoms with Gasteiger partial charge in [0.15, 0.2) is 0 Å². The number of nitrogens with zero attached hydrogens (tertiary/aromatic N) is 1. The first kappa shape index (κ1) is 28.8. The quantitative estimate of drug-likeness (QED) is 0.186. The highest BCUT2D eigenvalue weighted by molar-refractivity contribution is 5.74. The van der Waals surface area contributed by atoms with Crippen LogP contribution in [0.5, 0.6) is 0 Å². The Morgan fingerprint density at radius 3 is 1.64 bits per heavy atom. The lowest BCUT2D eigenvalue weighted by atomic mass is 10.1. The Morgan fingerprint density at radius 1 is 0.744 bits per heavy atom. The zero-order valence-electron chi connectivity index (χ0n) is 21.8. The second kappa shape index (κ2) is 15.5. The minimum absolute atomic E-state index is 0.00804. The van der Waals surface area contributed by atoms with Gasteiger partial charge in [-0.15, -0.1) is 6.58 Å². The SMILES string of the molecule is C=CCC(NC(=O)OCc1ccccc1)[C@H](C)N(NC(=O)OCc1ccccc1)C(=O)OCc1ccccc1. The number of benzene rings is 3. The second-order valence-electron chi connectivity index (χ2n) is 8.66. The summed E-state index contributed by atoms with van der Waals surface area (Å²) in [6.45, 7) is 5.48. The molecule has 0 saturated carbocycles. The Balaban J connectivity index is 1.68. The number of carbonyl (C=O) groups excluding carboxylic acids is 3. The van der Waals surface area contributed by atoms with E-state index < -0.39 is 30.4 Å². The fraction of sp³-hybridized carbons (Fsp3) is 0.233. The Hall–Kier alpha value is -4.79. The van der Waals surface area contributed by atoms with E-state index in [1.54, 1.807) is 13.0 Å². The molecular formula is C30H33N3O6. The Labute approximate surface area is 228 Å². The monoisotopic (exact) mass is 531 g/mol. The normalized spacial score (nSPS) is 11.8. The topological polar surface area (TPSA) is 106 Å². The molecule has 0 aromatic heterocycles. The Kier molecular flexibility index (Phi) is 11.4. The van der Waals surface area contributed by atoms with Crippen LogP contribution in [-0.4, -0.2) is 35.4 Å². The molecule has 9 nitrogen and oxygen atoms in total. The largest absolute Gasteiger partial charge is 0.445 e. The number of hydrogen-bond donors (Lipinski definition) is 2. The molecule has 1 unspecified atom stereocenters. The van der Waals surface area contributed by atoms with Crippen LogP contribution in [0.15, 0.2) is 104 Å². The highest BCUT2D eigenvalue weighted by Gasteiger charge is 2.31. The van der Waals surface area contributed by atoms with E-state index in [1.165, 1.54) is 0 Å². The summed E-state index contributed by atoms with van der Waals surface area (Å²) in [5, 5.41) is 3.76. The van der Waals surface area contributed by atoms with Gasteiger partial charge in [0, 0.05) is 0 Å². The molecule has 0 aliphatic carbocycles. The van der Waals surface area contributed by atoms with Gasteiger partial charge in [0.05, 0.1) is 12.1 Å². The summed E-state index contributed by atoms with van der Waals surface area (Å²) in [6.07, 6.45) is -0.477. The molecule has 0 saturated heterocycles. The van der Waals surface area contributed by atoms with Gasteiger partial charge in [-0.3, -0.25) is 0 Å². The number of ether oxygens (including phenoxy) is 3. The number of rotatable bonds is 11. The molecule has 0 radical (unpaired) electrons. The van der Waals surface area contributed by atoms with E-state index in [9.17, 15) is 14.4 Å². The Morgan fingerprint density at radius 2 is 1.18 bits per heavy atom. The lowest BCUT2D eigenvalue weighted by Crippen LogP contribution is -2.58. The van der Waals surface area contributed by atoms with Crippen LogP contribution in [0.2, 0.25) is 0 Å². The van der Waals surface area contributed by atoms with E-state index in [0.717, 1.165) is 21.7 Å². The summed E-state index contributed by atoms with van der Waals surface area (Å²) in [5.74, 6) is 0. The van der Waals surface area contributed by atoms with Crippen LogP contribution in [-0.2, 0) is 34.0 Å². The minimum atomic E-state index is -0.855. The summed E-state index contributed by atoms with van der Waals surface area (Å²) in [7, 11) is 0. The fourth-order valence-corrected chi connectivity index (χ4v) is 3.61. The molecule has 0 spiro atoms. The molecule has 3 aromatic rings. The number of amides is 3. The number of nitrogens with one attached hydrogen (secondary N) is 2. The zero-order valence-corrected chi connectivity index (χ0v) is 21.8. The highest BCUT2D eigenvalue weighted by atomic mass is 16.6. The Bertz CT molecular complexity index is 1190. The lowest BCUT2D eigenvalue weighted by Gasteiger charge is -2.33. The molecule has 0 heterocycles. The first-order chi connectivity index (χ1) is 19.0. The van der Waals surface area contributed by atoms with Crippen LogP contribution in [0.3, 0.4) is 0 Å². The summed E-state index contributed by atoms with van der Waals surface area (Å²) >= 11 is 0. The maximum absolute atomic E-state index is 13.1. The van der Waals surface area contributed by atoms with Gasteiger partial charge in [0.1, 0.15) is 19.8 Å². The second-order valence-corrected chi connectivity index (χ2v) is 8.66. The van der Waals surface area contributed by atoms with Crippen LogP contribution >= 0.6 is 0 Å². The highest BCUT2D eigenvalue weighted by Crippen LogP contribution is 2.12. The molecule has 0 aliphatic heterocycles. The molecular weight excluding hydrogens is 498 g/mol. The van der Waals surface area contributed by atoms with Gasteiger partial charge in [-0.2, -0.15) is 0 Å². The predicted octanol–water partition coefficient (Wildman–Crippen LogP) is 5.73. The van der Waals surface area contributed by atoms with Crippen molar-refractivity contribution in [2.75, 3.05) is 0 Å². The molecule has 0 aliphatic rings. The fourth-order valence-electron chi connectivity index (χ4n) is 3.61. The lowest BCUT2D eigenvalue weighted by molar-refractivity contribution is 0.0409. The van der Waals surface area contributed by atoms with Crippen molar-refractivity contribution in [1.82, 2.24) is 15.8 Å². The number of hydrogen-bond acceptors (Lipinski definition) is 6. The number of carbonyl (C=O) groups is 3. The molecule has 3 aromatic carbocycles. The van der Waals surface area contributed by atoms with Gasteiger partial charge in [0.25, 0.3) is 0 Å². The number of alkyl carbamates (subject to hydrolysis) is 1. The van der Waals surface area contributed by atoms with Gasteiger partial charge >= 0.3 is 18.3 Å². The van der Waals surface area contributed by atoms with E-state index in [4.69, 9.17) is 14.2 Å². The van der Waals surface area contributed by atoms with Crippen molar-refractivity contribution in [3.05, 3.63) is 120 Å². The maximum atomic E-state index is 13.1.